The van der Waals surface area contributed by atoms with Crippen molar-refractivity contribution in [3.8, 4) is 5.69 Å². The number of nitrogens with zero attached hydrogens (tertiary/aromatic N) is 5. The van der Waals surface area contributed by atoms with Crippen LogP contribution in [0.15, 0.2) is 60.9 Å². The lowest BCUT2D eigenvalue weighted by molar-refractivity contribution is -0.126. The summed E-state index contributed by atoms with van der Waals surface area (Å²) >= 11 is 0. The van der Waals surface area contributed by atoms with E-state index in [4.69, 9.17) is 4.74 Å². The minimum atomic E-state index is -0.906. The van der Waals surface area contributed by atoms with E-state index in [1.165, 1.54) is 11.0 Å². The van der Waals surface area contributed by atoms with Crippen molar-refractivity contribution >= 4 is 17.6 Å². The number of hydrogen-bond donors (Lipinski definition) is 0. The lowest BCUT2D eigenvalue weighted by Gasteiger charge is -2.24. The fourth-order valence-corrected chi connectivity index (χ4v) is 2.60. The van der Waals surface area contributed by atoms with Gasteiger partial charge in [0.25, 0.3) is 5.91 Å². The van der Waals surface area contributed by atoms with Crippen LogP contribution in [-0.2, 0) is 9.53 Å². The molecule has 0 saturated heterocycles. The number of esters is 1. The molecule has 1 atom stereocenters. The third-order valence-corrected chi connectivity index (χ3v) is 4.00. The summed E-state index contributed by atoms with van der Waals surface area (Å²) in [5.41, 5.74) is 1.81. The molecule has 0 N–H and O–H groups in total. The molecule has 0 bridgehead atoms. The summed E-state index contributed by atoms with van der Waals surface area (Å²) in [5, 5.41) is 10.9. The number of hydrogen-bond acceptors (Lipinski definition) is 6. The first-order chi connectivity index (χ1) is 13.1. The fourth-order valence-electron chi connectivity index (χ4n) is 2.60. The molecular weight excluding hydrogens is 346 g/mol. The van der Waals surface area contributed by atoms with Gasteiger partial charge in [0.2, 0.25) is 0 Å². The van der Waals surface area contributed by atoms with Crippen LogP contribution in [0, 0.1) is 0 Å². The largest absolute Gasteiger partial charge is 0.449 e. The van der Waals surface area contributed by atoms with Crippen LogP contribution in [-0.4, -0.2) is 44.7 Å². The van der Waals surface area contributed by atoms with Gasteiger partial charge in [0.05, 0.1) is 11.3 Å². The second-order valence-corrected chi connectivity index (χ2v) is 5.77. The summed E-state index contributed by atoms with van der Waals surface area (Å²) in [5.74, 6) is -0.842. The summed E-state index contributed by atoms with van der Waals surface area (Å²) in [6.45, 7) is 3.92. The first kappa shape index (κ1) is 18.2. The number of benzene rings is 2. The zero-order valence-electron chi connectivity index (χ0n) is 15.0. The molecule has 138 valence electrons. The molecule has 27 heavy (non-hydrogen) atoms. The van der Waals surface area contributed by atoms with Gasteiger partial charge in [-0.3, -0.25) is 4.79 Å². The van der Waals surface area contributed by atoms with E-state index in [2.05, 4.69) is 15.5 Å². The van der Waals surface area contributed by atoms with E-state index in [-0.39, 0.29) is 5.91 Å². The molecule has 0 fully saturated rings. The summed E-state index contributed by atoms with van der Waals surface area (Å²) in [6, 6.07) is 15.9. The number of tetrazole rings is 1. The maximum atomic E-state index is 12.7. The van der Waals surface area contributed by atoms with Gasteiger partial charge < -0.3 is 9.64 Å². The Labute approximate surface area is 156 Å². The number of carbonyl (C=O) groups is 2. The Hall–Kier alpha value is -3.55. The quantitative estimate of drug-likeness (QED) is 0.623. The van der Waals surface area contributed by atoms with Gasteiger partial charge in [-0.25, -0.2) is 9.48 Å². The molecule has 8 heteroatoms. The highest BCUT2D eigenvalue weighted by Gasteiger charge is 2.24. The molecule has 1 heterocycles. The highest BCUT2D eigenvalue weighted by Crippen LogP contribution is 2.16. The number of anilines is 1. The van der Waals surface area contributed by atoms with Gasteiger partial charge in [0.15, 0.2) is 6.10 Å². The van der Waals surface area contributed by atoms with Crippen LogP contribution in [0.5, 0.6) is 0 Å². The van der Waals surface area contributed by atoms with Crippen LogP contribution < -0.4 is 4.90 Å². The lowest BCUT2D eigenvalue weighted by Crippen LogP contribution is -2.40. The molecular formula is C19H19N5O3. The Morgan fingerprint density at radius 3 is 2.41 bits per heavy atom. The van der Waals surface area contributed by atoms with Crippen molar-refractivity contribution in [2.75, 3.05) is 11.4 Å². The number of amides is 1. The molecule has 0 spiro atoms. The molecule has 0 unspecified atom stereocenters. The van der Waals surface area contributed by atoms with Crippen LogP contribution in [0.3, 0.4) is 0 Å². The van der Waals surface area contributed by atoms with Crippen molar-refractivity contribution in [1.29, 1.82) is 0 Å². The van der Waals surface area contributed by atoms with Crippen molar-refractivity contribution in [2.24, 2.45) is 0 Å². The molecule has 0 aliphatic rings. The summed E-state index contributed by atoms with van der Waals surface area (Å²) in [7, 11) is 0. The summed E-state index contributed by atoms with van der Waals surface area (Å²) in [4.78, 5) is 26.6. The van der Waals surface area contributed by atoms with Crippen LogP contribution in [0.2, 0.25) is 0 Å². The molecule has 8 nitrogen and oxygen atoms in total. The van der Waals surface area contributed by atoms with Gasteiger partial charge in [0.1, 0.15) is 6.33 Å². The topological polar surface area (TPSA) is 90.2 Å². The molecule has 0 saturated carbocycles. The third-order valence-electron chi connectivity index (χ3n) is 4.00. The Morgan fingerprint density at radius 2 is 1.81 bits per heavy atom. The molecule has 1 amide bonds. The maximum Gasteiger partial charge on any atom is 0.338 e. The van der Waals surface area contributed by atoms with E-state index >= 15 is 0 Å². The van der Waals surface area contributed by atoms with E-state index in [9.17, 15) is 9.59 Å². The first-order valence-electron chi connectivity index (χ1n) is 8.51. The van der Waals surface area contributed by atoms with Crippen molar-refractivity contribution < 1.29 is 14.3 Å². The highest BCUT2D eigenvalue weighted by atomic mass is 16.5. The minimum absolute atomic E-state index is 0.276. The number of ether oxygens (including phenoxy) is 1. The number of aromatic nitrogens is 4. The van der Waals surface area contributed by atoms with Crippen molar-refractivity contribution in [3.63, 3.8) is 0 Å². The predicted molar refractivity (Wildman–Crippen MR) is 98.5 cm³/mol. The predicted octanol–water partition coefficient (Wildman–Crippen LogP) is 2.26. The second kappa shape index (κ2) is 8.22. The zero-order chi connectivity index (χ0) is 19.2. The van der Waals surface area contributed by atoms with Gasteiger partial charge in [-0.1, -0.05) is 18.2 Å². The van der Waals surface area contributed by atoms with Gasteiger partial charge in [0, 0.05) is 12.2 Å². The SMILES string of the molecule is CCN(C(=O)[C@H](C)OC(=O)c1ccc(-n2cnnn2)cc1)c1ccccc1. The average Bonchev–Trinajstić information content (AvgIpc) is 3.24. The smallest absolute Gasteiger partial charge is 0.338 e. The zero-order valence-corrected chi connectivity index (χ0v) is 15.0. The maximum absolute atomic E-state index is 12.7. The molecule has 0 aliphatic carbocycles. The van der Waals surface area contributed by atoms with Crippen LogP contribution >= 0.6 is 0 Å². The second-order valence-electron chi connectivity index (χ2n) is 5.77. The van der Waals surface area contributed by atoms with Crippen molar-refractivity contribution in [2.45, 2.75) is 20.0 Å². The first-order valence-corrected chi connectivity index (χ1v) is 8.51. The number of carbonyl (C=O) groups excluding carboxylic acids is 2. The van der Waals surface area contributed by atoms with Crippen molar-refractivity contribution in [3.05, 3.63) is 66.5 Å². The average molecular weight is 365 g/mol. The van der Waals surface area contributed by atoms with Gasteiger partial charge >= 0.3 is 5.97 Å². The fraction of sp³-hybridized carbons (Fsp3) is 0.211. The molecule has 2 aromatic carbocycles. The standard InChI is InChI=1S/C19H19N5O3/c1-3-23(16-7-5-4-6-8-16)18(25)14(2)27-19(26)15-9-11-17(12-10-15)24-13-20-21-22-24/h4-14H,3H2,1-2H3/t14-/m0/s1. The Kier molecular flexibility index (Phi) is 5.55. The molecule has 3 rings (SSSR count). The lowest BCUT2D eigenvalue weighted by atomic mass is 10.2. The normalized spacial score (nSPS) is 11.6. The summed E-state index contributed by atoms with van der Waals surface area (Å²) in [6.07, 6.45) is 0.550. The van der Waals surface area contributed by atoms with E-state index < -0.39 is 12.1 Å². The van der Waals surface area contributed by atoms with E-state index in [1.807, 2.05) is 37.3 Å². The molecule has 0 aliphatic heterocycles. The van der Waals surface area contributed by atoms with Gasteiger partial charge in [-0.2, -0.15) is 0 Å². The molecule has 3 aromatic rings. The third kappa shape index (κ3) is 4.17. The minimum Gasteiger partial charge on any atom is -0.449 e. The van der Waals surface area contributed by atoms with Crippen LogP contribution in [0.4, 0.5) is 5.69 Å². The van der Waals surface area contributed by atoms with E-state index in [0.29, 0.717) is 17.8 Å². The van der Waals surface area contributed by atoms with Crippen LogP contribution in [0.1, 0.15) is 24.2 Å². The number of rotatable bonds is 6. The van der Waals surface area contributed by atoms with Gasteiger partial charge in [-0.05, 0) is 60.7 Å². The Bertz CT molecular complexity index is 895. The van der Waals surface area contributed by atoms with Crippen LogP contribution in [0.25, 0.3) is 5.69 Å². The monoisotopic (exact) mass is 365 g/mol. The van der Waals surface area contributed by atoms with E-state index in [1.54, 1.807) is 36.1 Å². The number of para-hydroxylation sites is 1. The van der Waals surface area contributed by atoms with E-state index in [0.717, 1.165) is 5.69 Å². The Morgan fingerprint density at radius 1 is 1.11 bits per heavy atom. The summed E-state index contributed by atoms with van der Waals surface area (Å²) < 4.78 is 6.83. The number of likely N-dealkylation sites (N-methyl/N-ethyl adjacent to an activating group) is 1. The molecule has 0 radical (unpaired) electrons. The van der Waals surface area contributed by atoms with Gasteiger partial charge in [-0.15, -0.1) is 5.10 Å². The Balaban J connectivity index is 1.67. The highest BCUT2D eigenvalue weighted by molar-refractivity contribution is 5.99. The van der Waals surface area contributed by atoms with Crippen molar-refractivity contribution in [1.82, 2.24) is 20.2 Å². The molecule has 1 aromatic heterocycles.